The number of sulfone groups is 1. The fourth-order valence-corrected chi connectivity index (χ4v) is 3.34. The number of rotatable bonds is 0. The van der Waals surface area contributed by atoms with Gasteiger partial charge in [-0.2, -0.15) is 0 Å². The number of nitrogens with one attached hydrogen (secondary N) is 1. The summed E-state index contributed by atoms with van der Waals surface area (Å²) in [7, 11) is -2.89. The van der Waals surface area contributed by atoms with Crippen LogP contribution in [0, 0.1) is 0 Å². The van der Waals surface area contributed by atoms with Crippen molar-refractivity contribution in [2.45, 2.75) is 43.7 Å². The van der Waals surface area contributed by atoms with Crippen LogP contribution in [0.4, 0.5) is 0 Å². The third-order valence-corrected chi connectivity index (χ3v) is 5.60. The van der Waals surface area contributed by atoms with E-state index in [-0.39, 0.29) is 16.5 Å². The van der Waals surface area contributed by atoms with Crippen LogP contribution in [-0.4, -0.2) is 31.5 Å². The van der Waals surface area contributed by atoms with E-state index < -0.39 is 9.84 Å². The van der Waals surface area contributed by atoms with Gasteiger partial charge in [0.05, 0.1) is 10.5 Å². The van der Waals surface area contributed by atoms with Crippen LogP contribution in [0.2, 0.25) is 0 Å². The van der Waals surface area contributed by atoms with Crippen LogP contribution in [0.3, 0.4) is 0 Å². The highest BCUT2D eigenvalue weighted by molar-refractivity contribution is 7.92. The molecule has 0 aromatic rings. The quantitative estimate of drug-likeness (QED) is 0.608. The molecule has 1 aliphatic rings. The van der Waals surface area contributed by atoms with Gasteiger partial charge in [0.25, 0.3) is 0 Å². The van der Waals surface area contributed by atoms with Gasteiger partial charge < -0.3 is 5.32 Å². The summed E-state index contributed by atoms with van der Waals surface area (Å²) in [5, 5.41) is 2.76. The van der Waals surface area contributed by atoms with E-state index in [1.165, 1.54) is 0 Å². The molecule has 72 valence electrons. The minimum atomic E-state index is -2.89. The third kappa shape index (κ3) is 1.64. The summed E-state index contributed by atoms with van der Waals surface area (Å²) in [5.41, 5.74) is 0. The Kier molecular flexibility index (Phi) is 2.78. The van der Waals surface area contributed by atoms with E-state index in [0.717, 1.165) is 13.0 Å². The molecule has 4 heteroatoms. The molecule has 0 bridgehead atoms. The van der Waals surface area contributed by atoms with Crippen LogP contribution in [0.15, 0.2) is 0 Å². The Labute approximate surface area is 74.5 Å². The summed E-state index contributed by atoms with van der Waals surface area (Å²) in [6.07, 6.45) is 0.733. The maximum Gasteiger partial charge on any atom is 0.157 e. The standard InChI is InChI=1S/C8H17NO2S/c1-6-4-5-9-7(2)8(3)12(6,10)11/h6-9H,4-5H2,1-3H3. The molecule has 1 aliphatic heterocycles. The van der Waals surface area contributed by atoms with E-state index in [0.29, 0.717) is 0 Å². The van der Waals surface area contributed by atoms with Gasteiger partial charge in [0.15, 0.2) is 9.84 Å². The first-order valence-corrected chi connectivity index (χ1v) is 6.03. The molecule has 3 atom stereocenters. The molecule has 1 N–H and O–H groups in total. The van der Waals surface area contributed by atoms with Gasteiger partial charge in [-0.3, -0.25) is 0 Å². The average molecular weight is 191 g/mol. The Morgan fingerprint density at radius 1 is 1.25 bits per heavy atom. The second kappa shape index (κ2) is 3.34. The van der Waals surface area contributed by atoms with Gasteiger partial charge in [-0.05, 0) is 33.7 Å². The van der Waals surface area contributed by atoms with E-state index >= 15 is 0 Å². The monoisotopic (exact) mass is 191 g/mol. The van der Waals surface area contributed by atoms with Crippen molar-refractivity contribution < 1.29 is 8.42 Å². The van der Waals surface area contributed by atoms with Crippen LogP contribution in [-0.2, 0) is 9.84 Å². The van der Waals surface area contributed by atoms with Crippen molar-refractivity contribution in [3.05, 3.63) is 0 Å². The minimum Gasteiger partial charge on any atom is -0.313 e. The summed E-state index contributed by atoms with van der Waals surface area (Å²) in [6.45, 7) is 6.33. The zero-order valence-electron chi connectivity index (χ0n) is 7.87. The molecule has 12 heavy (non-hydrogen) atoms. The molecule has 1 saturated heterocycles. The smallest absolute Gasteiger partial charge is 0.157 e. The van der Waals surface area contributed by atoms with E-state index in [9.17, 15) is 8.42 Å². The van der Waals surface area contributed by atoms with Crippen molar-refractivity contribution in [1.82, 2.24) is 5.32 Å². The highest BCUT2D eigenvalue weighted by Crippen LogP contribution is 2.18. The molecule has 3 nitrogen and oxygen atoms in total. The largest absolute Gasteiger partial charge is 0.313 e. The van der Waals surface area contributed by atoms with E-state index in [2.05, 4.69) is 5.32 Å². The van der Waals surface area contributed by atoms with E-state index in [1.807, 2.05) is 6.92 Å². The molecule has 1 rings (SSSR count). The van der Waals surface area contributed by atoms with Crippen molar-refractivity contribution in [3.63, 3.8) is 0 Å². The molecule has 0 saturated carbocycles. The Morgan fingerprint density at radius 2 is 1.83 bits per heavy atom. The Balaban J connectivity index is 2.94. The van der Waals surface area contributed by atoms with Gasteiger partial charge in [-0.1, -0.05) is 0 Å². The zero-order chi connectivity index (χ0) is 9.35. The Hall–Kier alpha value is -0.0900. The predicted molar refractivity (Wildman–Crippen MR) is 49.9 cm³/mol. The molecule has 0 amide bonds. The van der Waals surface area contributed by atoms with Gasteiger partial charge in [0.2, 0.25) is 0 Å². The van der Waals surface area contributed by atoms with Gasteiger partial charge >= 0.3 is 0 Å². The molecule has 1 fully saturated rings. The van der Waals surface area contributed by atoms with Crippen molar-refractivity contribution in [2.24, 2.45) is 0 Å². The Bertz CT molecular complexity index is 248. The van der Waals surface area contributed by atoms with E-state index in [1.54, 1.807) is 13.8 Å². The molecular formula is C8H17NO2S. The maximum absolute atomic E-state index is 11.7. The second-order valence-electron chi connectivity index (χ2n) is 3.64. The lowest BCUT2D eigenvalue weighted by molar-refractivity contribution is 0.532. The molecular weight excluding hydrogens is 174 g/mol. The first-order valence-electron chi connectivity index (χ1n) is 4.42. The van der Waals surface area contributed by atoms with Crippen LogP contribution < -0.4 is 5.32 Å². The molecule has 0 aromatic carbocycles. The van der Waals surface area contributed by atoms with Crippen LogP contribution in [0.25, 0.3) is 0 Å². The van der Waals surface area contributed by atoms with Gasteiger partial charge in [0.1, 0.15) is 0 Å². The molecule has 3 unspecified atom stereocenters. The summed E-state index contributed by atoms with van der Waals surface area (Å²) in [4.78, 5) is 0. The molecule has 1 heterocycles. The second-order valence-corrected chi connectivity index (χ2v) is 6.36. The van der Waals surface area contributed by atoms with Crippen LogP contribution in [0.1, 0.15) is 27.2 Å². The lowest BCUT2D eigenvalue weighted by Gasteiger charge is -2.18. The molecule has 0 radical (unpaired) electrons. The maximum atomic E-state index is 11.7. The zero-order valence-corrected chi connectivity index (χ0v) is 8.69. The number of hydrogen-bond donors (Lipinski definition) is 1. The summed E-state index contributed by atoms with van der Waals surface area (Å²) in [6, 6.07) is 0.0833. The van der Waals surface area contributed by atoms with Crippen molar-refractivity contribution in [1.29, 1.82) is 0 Å². The number of hydrogen-bond acceptors (Lipinski definition) is 3. The topological polar surface area (TPSA) is 46.2 Å². The molecule has 0 aliphatic carbocycles. The first-order chi connectivity index (χ1) is 5.46. The van der Waals surface area contributed by atoms with E-state index in [4.69, 9.17) is 0 Å². The van der Waals surface area contributed by atoms with Crippen molar-refractivity contribution >= 4 is 9.84 Å². The molecule has 0 spiro atoms. The van der Waals surface area contributed by atoms with Crippen LogP contribution >= 0.6 is 0 Å². The lowest BCUT2D eigenvalue weighted by atomic mass is 10.2. The van der Waals surface area contributed by atoms with Gasteiger partial charge in [0, 0.05) is 6.04 Å². The predicted octanol–water partition coefficient (Wildman–Crippen LogP) is 0.560. The van der Waals surface area contributed by atoms with Gasteiger partial charge in [-0.15, -0.1) is 0 Å². The van der Waals surface area contributed by atoms with Crippen LogP contribution in [0.5, 0.6) is 0 Å². The summed E-state index contributed by atoms with van der Waals surface area (Å²) >= 11 is 0. The normalized spacial score (nSPS) is 42.1. The highest BCUT2D eigenvalue weighted by Gasteiger charge is 2.33. The summed E-state index contributed by atoms with van der Waals surface area (Å²) in [5.74, 6) is 0. The summed E-state index contributed by atoms with van der Waals surface area (Å²) < 4.78 is 23.4. The Morgan fingerprint density at radius 3 is 2.42 bits per heavy atom. The third-order valence-electron chi connectivity index (χ3n) is 2.80. The van der Waals surface area contributed by atoms with Crippen molar-refractivity contribution in [2.75, 3.05) is 6.54 Å². The highest BCUT2D eigenvalue weighted by atomic mass is 32.2. The van der Waals surface area contributed by atoms with Crippen molar-refractivity contribution in [3.8, 4) is 0 Å². The fourth-order valence-electron chi connectivity index (χ4n) is 1.50. The molecule has 0 aromatic heterocycles. The fraction of sp³-hybridized carbons (Fsp3) is 1.00. The van der Waals surface area contributed by atoms with Gasteiger partial charge in [-0.25, -0.2) is 8.42 Å². The SMILES string of the molecule is CC1NCCC(C)S(=O)(=O)C1C. The minimum absolute atomic E-state index is 0.0833. The first kappa shape index (κ1) is 9.99. The average Bonchev–Trinajstić information content (AvgIpc) is 2.07. The lowest BCUT2D eigenvalue weighted by Crippen LogP contribution is -2.38.